The van der Waals surface area contributed by atoms with Crippen LogP contribution >= 0.6 is 12.2 Å². The van der Waals surface area contributed by atoms with Gasteiger partial charge in [-0.1, -0.05) is 6.07 Å². The maximum Gasteiger partial charge on any atom is 0.229 e. The molecule has 4 heterocycles. The quantitative estimate of drug-likeness (QED) is 0.465. The molecule has 3 aromatic rings. The fourth-order valence-corrected chi connectivity index (χ4v) is 5.89. The van der Waals surface area contributed by atoms with Gasteiger partial charge in [-0.3, -0.25) is 9.71 Å². The van der Waals surface area contributed by atoms with Crippen molar-refractivity contribution in [2.24, 2.45) is 0 Å². The van der Waals surface area contributed by atoms with Crippen LogP contribution in [0.2, 0.25) is 0 Å². The van der Waals surface area contributed by atoms with Gasteiger partial charge in [-0.2, -0.15) is 0 Å². The van der Waals surface area contributed by atoms with Crippen molar-refractivity contribution in [2.45, 2.75) is 44.5 Å². The summed E-state index contributed by atoms with van der Waals surface area (Å²) in [5.74, 6) is 0. The molecule has 2 saturated heterocycles. The van der Waals surface area contributed by atoms with Crippen LogP contribution in [0.1, 0.15) is 41.9 Å². The summed E-state index contributed by atoms with van der Waals surface area (Å²) >= 11 is 5.84. The lowest BCUT2D eigenvalue weighted by Crippen LogP contribution is -2.31. The second-order valence-electron chi connectivity index (χ2n) is 9.09. The van der Waals surface area contributed by atoms with E-state index in [2.05, 4.69) is 42.8 Å². The Morgan fingerprint density at radius 3 is 2.77 bits per heavy atom. The molecule has 1 aromatic carbocycles. The van der Waals surface area contributed by atoms with Gasteiger partial charge in [0.05, 0.1) is 29.8 Å². The molecule has 0 radical (unpaired) electrons. The Hall–Kier alpha value is -2.95. The Morgan fingerprint density at radius 2 is 2.09 bits per heavy atom. The third kappa shape index (κ3) is 5.05. The average molecular weight is 512 g/mol. The number of ether oxygens (including phenoxy) is 1. The second-order valence-corrected chi connectivity index (χ2v) is 11.2. The van der Waals surface area contributed by atoms with Gasteiger partial charge in [0.2, 0.25) is 10.0 Å². The normalized spacial score (nSPS) is 22.4. The number of anilines is 2. The molecule has 0 aliphatic carbocycles. The van der Waals surface area contributed by atoms with Gasteiger partial charge < -0.3 is 19.5 Å². The fraction of sp³-hybridized carbons (Fsp3) is 0.360. The lowest BCUT2D eigenvalue weighted by molar-refractivity contribution is 0.0961. The van der Waals surface area contributed by atoms with E-state index in [1.165, 1.54) is 0 Å². The van der Waals surface area contributed by atoms with Crippen LogP contribution < -0.4 is 14.9 Å². The molecular weight excluding hydrogens is 482 g/mol. The van der Waals surface area contributed by atoms with Crippen molar-refractivity contribution in [3.63, 3.8) is 0 Å². The van der Waals surface area contributed by atoms with Crippen molar-refractivity contribution >= 4 is 38.7 Å². The zero-order valence-electron chi connectivity index (χ0n) is 19.7. The zero-order valence-corrected chi connectivity index (χ0v) is 21.3. The molecule has 2 aliphatic heterocycles. The van der Waals surface area contributed by atoms with E-state index in [1.54, 1.807) is 12.3 Å². The Labute approximate surface area is 211 Å². The highest BCUT2D eigenvalue weighted by atomic mass is 32.2. The number of thiocarbonyl (C=S) groups is 1. The van der Waals surface area contributed by atoms with Gasteiger partial charge in [0, 0.05) is 36.9 Å². The number of aromatic nitrogens is 2. The highest BCUT2D eigenvalue weighted by Gasteiger charge is 2.42. The maximum absolute atomic E-state index is 11.8. The van der Waals surface area contributed by atoms with E-state index in [0.29, 0.717) is 10.8 Å². The first kappa shape index (κ1) is 23.8. The van der Waals surface area contributed by atoms with Gasteiger partial charge in [0.1, 0.15) is 6.04 Å². The van der Waals surface area contributed by atoms with Crippen molar-refractivity contribution in [2.75, 3.05) is 22.5 Å². The lowest BCUT2D eigenvalue weighted by atomic mass is 10.0. The number of aryl methyl sites for hydroxylation is 1. The number of hydrogen-bond donors (Lipinski definition) is 2. The number of benzene rings is 1. The molecule has 0 bridgehead atoms. The van der Waals surface area contributed by atoms with Crippen molar-refractivity contribution in [1.82, 2.24) is 14.9 Å². The standard InChI is InChI=1S/C25H29N5O3S2/c1-17-15-18(10-11-20(17)28-35(2,31)32)30-24(23(27-25(30)34)21-8-3-4-12-26-21)22-9-5-13-29(22)16-19-7-6-14-33-19/h3-5,8-13,15,19,23-24,28H,6-7,14,16H2,1-2H3,(H,27,34)/t19-,23+,24+/m0/s1. The van der Waals surface area contributed by atoms with Crippen LogP contribution in [0.3, 0.4) is 0 Å². The van der Waals surface area contributed by atoms with Gasteiger partial charge in [-0.05, 0) is 80.0 Å². The molecule has 184 valence electrons. The summed E-state index contributed by atoms with van der Waals surface area (Å²) in [6.45, 7) is 3.48. The minimum atomic E-state index is -3.38. The lowest BCUT2D eigenvalue weighted by Gasteiger charge is -2.30. The second kappa shape index (κ2) is 9.60. The Balaban J connectivity index is 1.56. The molecule has 10 heteroatoms. The third-order valence-electron chi connectivity index (χ3n) is 6.47. The van der Waals surface area contributed by atoms with Gasteiger partial charge in [0.25, 0.3) is 0 Å². The van der Waals surface area contributed by atoms with E-state index >= 15 is 0 Å². The molecule has 2 fully saturated rings. The fourth-order valence-electron chi connectivity index (χ4n) is 4.92. The molecule has 8 nitrogen and oxygen atoms in total. The van der Waals surface area contributed by atoms with Gasteiger partial charge in [-0.25, -0.2) is 8.42 Å². The number of sulfonamides is 1. The third-order valence-corrected chi connectivity index (χ3v) is 7.38. The Morgan fingerprint density at radius 1 is 1.23 bits per heavy atom. The molecular formula is C25H29N5O3S2. The summed E-state index contributed by atoms with van der Waals surface area (Å²) < 4.78 is 34.3. The summed E-state index contributed by atoms with van der Waals surface area (Å²) in [4.78, 5) is 6.73. The largest absolute Gasteiger partial charge is 0.376 e. The van der Waals surface area contributed by atoms with Crippen LogP contribution in [-0.2, 0) is 21.3 Å². The number of pyridine rings is 1. The molecule has 35 heavy (non-hydrogen) atoms. The van der Waals surface area contributed by atoms with Crippen molar-refractivity contribution in [1.29, 1.82) is 0 Å². The topological polar surface area (TPSA) is 88.5 Å². The van der Waals surface area contributed by atoms with E-state index in [-0.39, 0.29) is 18.2 Å². The van der Waals surface area contributed by atoms with Crippen LogP contribution in [0.15, 0.2) is 60.9 Å². The highest BCUT2D eigenvalue weighted by Crippen LogP contribution is 2.42. The smallest absolute Gasteiger partial charge is 0.229 e. The van der Waals surface area contributed by atoms with E-state index in [0.717, 1.165) is 54.9 Å². The van der Waals surface area contributed by atoms with E-state index in [4.69, 9.17) is 17.0 Å². The Bertz CT molecular complexity index is 1320. The molecule has 3 atom stereocenters. The minimum absolute atomic E-state index is 0.151. The molecule has 0 unspecified atom stereocenters. The predicted molar refractivity (Wildman–Crippen MR) is 141 cm³/mol. The van der Waals surface area contributed by atoms with Crippen LogP contribution in [0, 0.1) is 6.92 Å². The predicted octanol–water partition coefficient (Wildman–Crippen LogP) is 3.92. The zero-order chi connectivity index (χ0) is 24.6. The number of hydrogen-bond acceptors (Lipinski definition) is 5. The summed E-state index contributed by atoms with van der Waals surface area (Å²) in [5.41, 5.74) is 4.26. The van der Waals surface area contributed by atoms with Crippen molar-refractivity contribution in [3.05, 3.63) is 77.9 Å². The molecule has 2 aliphatic rings. The van der Waals surface area contributed by atoms with Gasteiger partial charge in [-0.15, -0.1) is 0 Å². The average Bonchev–Trinajstić information content (AvgIpc) is 3.56. The summed E-state index contributed by atoms with van der Waals surface area (Å²) in [5, 5.41) is 4.09. The molecule has 2 N–H and O–H groups in total. The minimum Gasteiger partial charge on any atom is -0.376 e. The van der Waals surface area contributed by atoms with Crippen LogP contribution in [-0.4, -0.2) is 42.0 Å². The summed E-state index contributed by atoms with van der Waals surface area (Å²) in [7, 11) is -3.38. The first-order chi connectivity index (χ1) is 16.8. The van der Waals surface area contributed by atoms with Crippen molar-refractivity contribution in [3.8, 4) is 0 Å². The highest BCUT2D eigenvalue weighted by molar-refractivity contribution is 7.92. The summed E-state index contributed by atoms with van der Waals surface area (Å²) in [6, 6.07) is 15.4. The van der Waals surface area contributed by atoms with E-state index in [1.807, 2.05) is 37.3 Å². The van der Waals surface area contributed by atoms with Gasteiger partial charge >= 0.3 is 0 Å². The van der Waals surface area contributed by atoms with Crippen LogP contribution in [0.4, 0.5) is 11.4 Å². The molecule has 0 spiro atoms. The van der Waals surface area contributed by atoms with Crippen molar-refractivity contribution < 1.29 is 13.2 Å². The number of nitrogens with zero attached hydrogens (tertiary/aromatic N) is 3. The number of nitrogens with one attached hydrogen (secondary N) is 2. The monoisotopic (exact) mass is 511 g/mol. The maximum atomic E-state index is 11.8. The first-order valence-electron chi connectivity index (χ1n) is 11.7. The Kier molecular flexibility index (Phi) is 6.52. The molecule has 0 amide bonds. The van der Waals surface area contributed by atoms with Gasteiger partial charge in [0.15, 0.2) is 5.11 Å². The van der Waals surface area contributed by atoms with E-state index < -0.39 is 10.0 Å². The molecule has 0 saturated carbocycles. The van der Waals surface area contributed by atoms with E-state index in [9.17, 15) is 8.42 Å². The molecule has 2 aromatic heterocycles. The summed E-state index contributed by atoms with van der Waals surface area (Å²) in [6.07, 6.45) is 7.38. The van der Waals surface area contributed by atoms with Crippen LogP contribution in [0.25, 0.3) is 0 Å². The first-order valence-corrected chi connectivity index (χ1v) is 14.0. The van der Waals surface area contributed by atoms with Crippen LogP contribution in [0.5, 0.6) is 0 Å². The number of rotatable bonds is 7. The SMILES string of the molecule is Cc1cc(N2C(=S)N[C@H](c3ccccn3)[C@H]2c2cccn2C[C@@H]2CCCO2)ccc1NS(C)(=O)=O. The molecule has 5 rings (SSSR count).